The highest BCUT2D eigenvalue weighted by Crippen LogP contribution is 2.29. The number of hydrogen-bond acceptors (Lipinski definition) is 3. The number of hydrogen-bond donors (Lipinski definition) is 1. The molecular weight excluding hydrogens is 224 g/mol. The molecule has 1 saturated heterocycles. The molecule has 0 bridgehead atoms. The van der Waals surface area contributed by atoms with Crippen molar-refractivity contribution in [3.8, 4) is 0 Å². The third kappa shape index (κ3) is 3.94. The molecule has 3 heteroatoms. The van der Waals surface area contributed by atoms with Gasteiger partial charge in [0.2, 0.25) is 0 Å². The molecule has 1 N–H and O–H groups in total. The maximum absolute atomic E-state index is 5.31. The summed E-state index contributed by atoms with van der Waals surface area (Å²) in [6.45, 7) is 4.80. The first-order chi connectivity index (χ1) is 8.83. The standard InChI is InChI=1S/C15H30N2O/c1-16-15-7-3-6-14(15)8-10-17-9-4-5-13(11-17)12-18-2/h13-16H,3-12H2,1-2H3. The van der Waals surface area contributed by atoms with Crippen LogP contribution in [0.15, 0.2) is 0 Å². The molecule has 0 aromatic rings. The Hall–Kier alpha value is -0.120. The molecule has 1 aliphatic carbocycles. The predicted octanol–water partition coefficient (Wildman–Crippen LogP) is 2.12. The number of rotatable bonds is 6. The smallest absolute Gasteiger partial charge is 0.0502 e. The Kier molecular flexibility index (Phi) is 5.93. The van der Waals surface area contributed by atoms with Gasteiger partial charge in [-0.05, 0) is 64.1 Å². The van der Waals surface area contributed by atoms with Crippen molar-refractivity contribution >= 4 is 0 Å². The van der Waals surface area contributed by atoms with Gasteiger partial charge in [0.25, 0.3) is 0 Å². The Morgan fingerprint density at radius 3 is 2.89 bits per heavy atom. The zero-order valence-electron chi connectivity index (χ0n) is 12.2. The summed E-state index contributed by atoms with van der Waals surface area (Å²) in [7, 11) is 3.95. The van der Waals surface area contributed by atoms with Gasteiger partial charge in [-0.25, -0.2) is 0 Å². The first kappa shape index (κ1) is 14.3. The van der Waals surface area contributed by atoms with E-state index >= 15 is 0 Å². The molecule has 3 nitrogen and oxygen atoms in total. The van der Waals surface area contributed by atoms with E-state index in [0.29, 0.717) is 0 Å². The van der Waals surface area contributed by atoms with Crippen LogP contribution in [0.5, 0.6) is 0 Å². The highest BCUT2D eigenvalue weighted by atomic mass is 16.5. The normalized spacial score (nSPS) is 34.0. The van der Waals surface area contributed by atoms with E-state index in [4.69, 9.17) is 4.74 Å². The van der Waals surface area contributed by atoms with Crippen LogP contribution in [-0.4, -0.2) is 51.3 Å². The number of likely N-dealkylation sites (tertiary alicyclic amines) is 1. The van der Waals surface area contributed by atoms with E-state index in [1.165, 1.54) is 58.2 Å². The lowest BCUT2D eigenvalue weighted by atomic mass is 9.96. The molecule has 0 amide bonds. The van der Waals surface area contributed by atoms with Crippen LogP contribution in [0.4, 0.5) is 0 Å². The Bertz CT molecular complexity index is 233. The van der Waals surface area contributed by atoms with Crippen LogP contribution in [0.2, 0.25) is 0 Å². The minimum atomic E-state index is 0.771. The lowest BCUT2D eigenvalue weighted by Crippen LogP contribution is -2.39. The maximum atomic E-state index is 5.31. The number of methoxy groups -OCH3 is 1. The first-order valence-electron chi connectivity index (χ1n) is 7.72. The predicted molar refractivity (Wildman–Crippen MR) is 75.8 cm³/mol. The fourth-order valence-corrected chi connectivity index (χ4v) is 3.84. The molecule has 1 heterocycles. The maximum Gasteiger partial charge on any atom is 0.0502 e. The van der Waals surface area contributed by atoms with E-state index in [-0.39, 0.29) is 0 Å². The fourth-order valence-electron chi connectivity index (χ4n) is 3.84. The van der Waals surface area contributed by atoms with Crippen LogP contribution < -0.4 is 5.32 Å². The Labute approximate surface area is 112 Å². The van der Waals surface area contributed by atoms with Gasteiger partial charge in [0.05, 0.1) is 6.61 Å². The van der Waals surface area contributed by atoms with E-state index in [0.717, 1.165) is 24.5 Å². The molecule has 0 aromatic heterocycles. The molecule has 1 saturated carbocycles. The largest absolute Gasteiger partial charge is 0.384 e. The highest BCUT2D eigenvalue weighted by Gasteiger charge is 2.27. The van der Waals surface area contributed by atoms with Crippen LogP contribution in [0.3, 0.4) is 0 Å². The van der Waals surface area contributed by atoms with Crippen molar-refractivity contribution in [1.82, 2.24) is 10.2 Å². The zero-order chi connectivity index (χ0) is 12.8. The van der Waals surface area contributed by atoms with E-state index in [1.807, 2.05) is 7.11 Å². The summed E-state index contributed by atoms with van der Waals surface area (Å²) in [6.07, 6.45) is 8.32. The summed E-state index contributed by atoms with van der Waals surface area (Å²) in [5.74, 6) is 1.69. The molecule has 3 atom stereocenters. The Morgan fingerprint density at radius 2 is 2.11 bits per heavy atom. The van der Waals surface area contributed by atoms with Gasteiger partial charge in [0.15, 0.2) is 0 Å². The van der Waals surface area contributed by atoms with Crippen LogP contribution in [0.1, 0.15) is 38.5 Å². The van der Waals surface area contributed by atoms with Gasteiger partial charge < -0.3 is 15.0 Å². The van der Waals surface area contributed by atoms with Gasteiger partial charge in [0.1, 0.15) is 0 Å². The molecule has 0 radical (unpaired) electrons. The third-order valence-electron chi connectivity index (χ3n) is 4.85. The van der Waals surface area contributed by atoms with Crippen molar-refractivity contribution < 1.29 is 4.74 Å². The molecule has 0 aromatic carbocycles. The van der Waals surface area contributed by atoms with Crippen molar-refractivity contribution in [3.63, 3.8) is 0 Å². The number of piperidine rings is 1. The van der Waals surface area contributed by atoms with Gasteiger partial charge in [-0.3, -0.25) is 0 Å². The van der Waals surface area contributed by atoms with Gasteiger partial charge in [-0.2, -0.15) is 0 Å². The van der Waals surface area contributed by atoms with Gasteiger partial charge in [0, 0.05) is 19.7 Å². The van der Waals surface area contributed by atoms with Crippen LogP contribution in [-0.2, 0) is 4.74 Å². The van der Waals surface area contributed by atoms with Crippen LogP contribution in [0, 0.1) is 11.8 Å². The van der Waals surface area contributed by atoms with E-state index in [2.05, 4.69) is 17.3 Å². The Morgan fingerprint density at radius 1 is 1.22 bits per heavy atom. The SMILES string of the molecule is CNC1CCCC1CCN1CCCC(COC)C1. The average Bonchev–Trinajstić information content (AvgIpc) is 2.84. The summed E-state index contributed by atoms with van der Waals surface area (Å²) in [5, 5.41) is 3.49. The molecule has 106 valence electrons. The van der Waals surface area contributed by atoms with E-state index in [9.17, 15) is 0 Å². The van der Waals surface area contributed by atoms with Crippen LogP contribution >= 0.6 is 0 Å². The molecule has 1 aliphatic heterocycles. The summed E-state index contributed by atoms with van der Waals surface area (Å²) in [6, 6.07) is 0.782. The summed E-state index contributed by atoms with van der Waals surface area (Å²) in [4.78, 5) is 2.66. The second kappa shape index (κ2) is 7.46. The number of nitrogens with one attached hydrogen (secondary N) is 1. The minimum absolute atomic E-state index is 0.771. The molecule has 2 fully saturated rings. The molecule has 2 aliphatic rings. The molecule has 0 spiro atoms. The monoisotopic (exact) mass is 254 g/mol. The highest BCUT2D eigenvalue weighted by molar-refractivity contribution is 4.83. The summed E-state index contributed by atoms with van der Waals surface area (Å²) in [5.41, 5.74) is 0. The molecular formula is C15H30N2O. The molecule has 18 heavy (non-hydrogen) atoms. The lowest BCUT2D eigenvalue weighted by molar-refractivity contribution is 0.0872. The number of ether oxygens (including phenoxy) is 1. The van der Waals surface area contributed by atoms with Crippen molar-refractivity contribution in [2.45, 2.75) is 44.6 Å². The topological polar surface area (TPSA) is 24.5 Å². The number of nitrogens with zero attached hydrogens (tertiary/aromatic N) is 1. The zero-order valence-corrected chi connectivity index (χ0v) is 12.2. The second-order valence-electron chi connectivity index (χ2n) is 6.14. The van der Waals surface area contributed by atoms with Gasteiger partial charge in [-0.1, -0.05) is 6.42 Å². The third-order valence-corrected chi connectivity index (χ3v) is 4.85. The van der Waals surface area contributed by atoms with Crippen molar-refractivity contribution in [2.24, 2.45) is 11.8 Å². The minimum Gasteiger partial charge on any atom is -0.384 e. The molecule has 2 rings (SSSR count). The van der Waals surface area contributed by atoms with Crippen molar-refractivity contribution in [1.29, 1.82) is 0 Å². The quantitative estimate of drug-likeness (QED) is 0.786. The fraction of sp³-hybridized carbons (Fsp3) is 1.00. The average molecular weight is 254 g/mol. The van der Waals surface area contributed by atoms with Crippen LogP contribution in [0.25, 0.3) is 0 Å². The summed E-state index contributed by atoms with van der Waals surface area (Å²) < 4.78 is 5.31. The molecule has 3 unspecified atom stereocenters. The summed E-state index contributed by atoms with van der Waals surface area (Å²) >= 11 is 0. The Balaban J connectivity index is 1.69. The lowest BCUT2D eigenvalue weighted by Gasteiger charge is -2.33. The first-order valence-corrected chi connectivity index (χ1v) is 7.72. The van der Waals surface area contributed by atoms with Gasteiger partial charge in [-0.15, -0.1) is 0 Å². The van der Waals surface area contributed by atoms with Crippen molar-refractivity contribution in [3.05, 3.63) is 0 Å². The van der Waals surface area contributed by atoms with Crippen molar-refractivity contribution in [2.75, 3.05) is 40.4 Å². The second-order valence-corrected chi connectivity index (χ2v) is 6.14. The van der Waals surface area contributed by atoms with E-state index in [1.54, 1.807) is 0 Å². The van der Waals surface area contributed by atoms with Gasteiger partial charge >= 0.3 is 0 Å². The van der Waals surface area contributed by atoms with E-state index < -0.39 is 0 Å².